The first-order valence-corrected chi connectivity index (χ1v) is 10.1. The fourth-order valence-corrected chi connectivity index (χ4v) is 3.98. The highest BCUT2D eigenvalue weighted by molar-refractivity contribution is 9.10. The van der Waals surface area contributed by atoms with Crippen LogP contribution in [0.1, 0.15) is 37.7 Å². The molecule has 1 heterocycles. The second-order valence-corrected chi connectivity index (χ2v) is 7.92. The van der Waals surface area contributed by atoms with Crippen molar-refractivity contribution in [1.82, 2.24) is 15.5 Å². The van der Waals surface area contributed by atoms with Gasteiger partial charge in [0.05, 0.1) is 4.47 Å². The molecule has 142 valence electrons. The Balaban J connectivity index is 1.47. The molecule has 0 radical (unpaired) electrons. The average molecular weight is 425 g/mol. The summed E-state index contributed by atoms with van der Waals surface area (Å²) in [6, 6.07) is 5.27. The monoisotopic (exact) mass is 424 g/mol. The molecule has 0 spiro atoms. The van der Waals surface area contributed by atoms with Gasteiger partial charge in [0.1, 0.15) is 5.82 Å². The van der Waals surface area contributed by atoms with Crippen molar-refractivity contribution in [3.63, 3.8) is 0 Å². The normalized spacial score (nSPS) is 21.3. The lowest BCUT2D eigenvalue weighted by Gasteiger charge is -2.21. The Morgan fingerprint density at radius 2 is 2.12 bits per heavy atom. The highest BCUT2D eigenvalue weighted by Crippen LogP contribution is 2.27. The number of guanidine groups is 1. The van der Waals surface area contributed by atoms with Gasteiger partial charge in [-0.1, -0.05) is 18.9 Å². The first kappa shape index (κ1) is 19.1. The van der Waals surface area contributed by atoms with Gasteiger partial charge in [0, 0.05) is 38.6 Å². The molecule has 0 aromatic heterocycles. The van der Waals surface area contributed by atoms with E-state index in [9.17, 15) is 9.18 Å². The molecule has 1 aliphatic carbocycles. The molecule has 1 saturated carbocycles. The molecule has 3 rings (SSSR count). The molecule has 0 bridgehead atoms. The number of aliphatic imine (C=N–C) groups is 1. The Hall–Kier alpha value is -1.63. The molecule has 2 fully saturated rings. The van der Waals surface area contributed by atoms with Crippen molar-refractivity contribution in [2.24, 2.45) is 10.9 Å². The molecule has 1 aliphatic heterocycles. The number of halogens is 2. The van der Waals surface area contributed by atoms with Crippen LogP contribution in [-0.2, 0) is 11.3 Å². The van der Waals surface area contributed by atoms with Crippen molar-refractivity contribution >= 4 is 27.8 Å². The van der Waals surface area contributed by atoms with Gasteiger partial charge in [-0.25, -0.2) is 4.39 Å². The Labute approximate surface area is 162 Å². The quantitative estimate of drug-likeness (QED) is 0.576. The van der Waals surface area contributed by atoms with Gasteiger partial charge in [0.25, 0.3) is 0 Å². The fourth-order valence-electron chi connectivity index (χ4n) is 3.73. The minimum absolute atomic E-state index is 0.202. The van der Waals surface area contributed by atoms with Crippen LogP contribution in [0.2, 0.25) is 0 Å². The van der Waals surface area contributed by atoms with E-state index < -0.39 is 0 Å². The van der Waals surface area contributed by atoms with E-state index in [0.717, 1.165) is 37.9 Å². The molecule has 1 amide bonds. The molecule has 1 atom stereocenters. The van der Waals surface area contributed by atoms with E-state index in [0.29, 0.717) is 22.9 Å². The summed E-state index contributed by atoms with van der Waals surface area (Å²) in [6.45, 7) is 2.02. The van der Waals surface area contributed by atoms with Crippen LogP contribution in [0.25, 0.3) is 0 Å². The Morgan fingerprint density at radius 1 is 1.35 bits per heavy atom. The van der Waals surface area contributed by atoms with E-state index in [4.69, 9.17) is 0 Å². The number of hydrogen-bond acceptors (Lipinski definition) is 2. The van der Waals surface area contributed by atoms with E-state index in [1.165, 1.54) is 18.9 Å². The van der Waals surface area contributed by atoms with Crippen molar-refractivity contribution in [3.05, 3.63) is 34.1 Å². The van der Waals surface area contributed by atoms with Crippen LogP contribution in [0, 0.1) is 11.7 Å². The van der Waals surface area contributed by atoms with Gasteiger partial charge in [-0.05, 0) is 52.9 Å². The van der Waals surface area contributed by atoms with Crippen LogP contribution in [0.5, 0.6) is 0 Å². The summed E-state index contributed by atoms with van der Waals surface area (Å²) in [5, 5.41) is 6.59. The lowest BCUT2D eigenvalue weighted by molar-refractivity contribution is -0.134. The summed E-state index contributed by atoms with van der Waals surface area (Å²) < 4.78 is 14.1. The third-order valence-corrected chi connectivity index (χ3v) is 5.86. The maximum Gasteiger partial charge on any atom is 0.225 e. The number of hydrogen-bond donors (Lipinski definition) is 2. The molecule has 1 aromatic carbocycles. The van der Waals surface area contributed by atoms with Crippen LogP contribution in [0.15, 0.2) is 27.7 Å². The lowest BCUT2D eigenvalue weighted by atomic mass is 10.1. The highest BCUT2D eigenvalue weighted by Gasteiger charge is 2.32. The number of likely N-dealkylation sites (tertiary alicyclic amines) is 1. The molecule has 5 nitrogen and oxygen atoms in total. The number of carbonyl (C=O) groups is 1. The number of nitrogens with zero attached hydrogens (tertiary/aromatic N) is 2. The van der Waals surface area contributed by atoms with Crippen molar-refractivity contribution in [1.29, 1.82) is 0 Å². The Kier molecular flexibility index (Phi) is 6.51. The highest BCUT2D eigenvalue weighted by atomic mass is 79.9. The molecule has 2 aliphatic rings. The molecular formula is C19H26BrFN4O. The minimum atomic E-state index is -0.274. The van der Waals surface area contributed by atoms with Crippen LogP contribution < -0.4 is 10.6 Å². The second-order valence-electron chi connectivity index (χ2n) is 7.07. The van der Waals surface area contributed by atoms with Gasteiger partial charge in [-0.15, -0.1) is 0 Å². The van der Waals surface area contributed by atoms with Crippen molar-refractivity contribution in [3.8, 4) is 0 Å². The smallest absolute Gasteiger partial charge is 0.225 e. The largest absolute Gasteiger partial charge is 0.352 e. The van der Waals surface area contributed by atoms with Gasteiger partial charge >= 0.3 is 0 Å². The minimum Gasteiger partial charge on any atom is -0.352 e. The maximum absolute atomic E-state index is 13.6. The van der Waals surface area contributed by atoms with Crippen molar-refractivity contribution in [2.45, 2.75) is 44.7 Å². The number of rotatable bonds is 4. The van der Waals surface area contributed by atoms with Gasteiger partial charge in [0.15, 0.2) is 5.96 Å². The number of nitrogens with one attached hydrogen (secondary N) is 2. The van der Waals surface area contributed by atoms with Gasteiger partial charge in [-0.2, -0.15) is 0 Å². The van der Waals surface area contributed by atoms with Crippen molar-refractivity contribution < 1.29 is 9.18 Å². The molecule has 1 unspecified atom stereocenters. The summed E-state index contributed by atoms with van der Waals surface area (Å²) in [5.41, 5.74) is 0.845. The molecule has 1 aromatic rings. The lowest BCUT2D eigenvalue weighted by Crippen LogP contribution is -2.45. The molecular weight excluding hydrogens is 399 g/mol. The van der Waals surface area contributed by atoms with E-state index in [1.54, 1.807) is 13.1 Å². The second kappa shape index (κ2) is 8.84. The third-order valence-electron chi connectivity index (χ3n) is 5.21. The topological polar surface area (TPSA) is 56.7 Å². The third kappa shape index (κ3) is 4.75. The van der Waals surface area contributed by atoms with Crippen molar-refractivity contribution in [2.75, 3.05) is 20.1 Å². The van der Waals surface area contributed by atoms with E-state index in [1.807, 2.05) is 11.0 Å². The standard InChI is InChI=1S/C19H26BrFN4O/c1-22-19(23-11-13-6-7-16(20)17(21)10-13)24-15-8-9-25(12-15)18(26)14-4-2-3-5-14/h6-7,10,14-15H,2-5,8-9,11-12H2,1H3,(H2,22,23,24). The van der Waals surface area contributed by atoms with Crippen LogP contribution >= 0.6 is 15.9 Å². The van der Waals surface area contributed by atoms with Gasteiger partial charge < -0.3 is 15.5 Å². The summed E-state index contributed by atoms with van der Waals surface area (Å²) in [4.78, 5) is 18.8. The van der Waals surface area contributed by atoms with E-state index in [2.05, 4.69) is 31.6 Å². The summed E-state index contributed by atoms with van der Waals surface area (Å²) in [6.07, 6.45) is 5.37. The zero-order valence-corrected chi connectivity index (χ0v) is 16.7. The molecule has 2 N–H and O–H groups in total. The van der Waals surface area contributed by atoms with Gasteiger partial charge in [0.2, 0.25) is 5.91 Å². The zero-order valence-electron chi connectivity index (χ0n) is 15.1. The van der Waals surface area contributed by atoms with Crippen LogP contribution in [-0.4, -0.2) is 42.9 Å². The average Bonchev–Trinajstić information content (AvgIpc) is 3.33. The summed E-state index contributed by atoms with van der Waals surface area (Å²) in [5.74, 6) is 0.955. The first-order valence-electron chi connectivity index (χ1n) is 9.26. The molecule has 7 heteroatoms. The zero-order chi connectivity index (χ0) is 18.5. The maximum atomic E-state index is 13.6. The SMILES string of the molecule is CN=C(NCc1ccc(Br)c(F)c1)NC1CCN(C(=O)C2CCCC2)C1. The van der Waals surface area contributed by atoms with Crippen LogP contribution in [0.3, 0.4) is 0 Å². The summed E-state index contributed by atoms with van der Waals surface area (Å²) >= 11 is 3.16. The van der Waals surface area contributed by atoms with Crippen LogP contribution in [0.4, 0.5) is 4.39 Å². The van der Waals surface area contributed by atoms with E-state index >= 15 is 0 Å². The van der Waals surface area contributed by atoms with E-state index in [-0.39, 0.29) is 17.8 Å². The predicted molar refractivity (Wildman–Crippen MR) is 104 cm³/mol. The fraction of sp³-hybridized carbons (Fsp3) is 0.579. The molecule has 26 heavy (non-hydrogen) atoms. The number of carbonyl (C=O) groups excluding carboxylic acids is 1. The van der Waals surface area contributed by atoms with Gasteiger partial charge in [-0.3, -0.25) is 9.79 Å². The number of amides is 1. The summed E-state index contributed by atoms with van der Waals surface area (Å²) in [7, 11) is 1.72. The predicted octanol–water partition coefficient (Wildman–Crippen LogP) is 3.04. The Morgan fingerprint density at radius 3 is 2.81 bits per heavy atom. The number of benzene rings is 1. The Bertz CT molecular complexity index is 676. The first-order chi connectivity index (χ1) is 12.6. The molecule has 1 saturated heterocycles.